The van der Waals surface area contributed by atoms with Crippen LogP contribution in [0.3, 0.4) is 0 Å². The van der Waals surface area contributed by atoms with Crippen LogP contribution < -0.4 is 10.2 Å². The Bertz CT molecular complexity index is 348. The molecule has 1 aromatic heterocycles. The van der Waals surface area contributed by atoms with Gasteiger partial charge in [0.2, 0.25) is 0 Å². The molecule has 0 saturated carbocycles. The summed E-state index contributed by atoms with van der Waals surface area (Å²) in [5.41, 5.74) is 0.986. The van der Waals surface area contributed by atoms with E-state index in [0.717, 1.165) is 31.1 Å². The van der Waals surface area contributed by atoms with Crippen molar-refractivity contribution in [3.63, 3.8) is 0 Å². The molecule has 1 N–H and O–H groups in total. The Balaban J connectivity index is 1.99. The summed E-state index contributed by atoms with van der Waals surface area (Å²) in [4.78, 5) is 13.5. The molecular formula is C12H21N5. The summed E-state index contributed by atoms with van der Waals surface area (Å²) < 4.78 is 0. The summed E-state index contributed by atoms with van der Waals surface area (Å²) in [5, 5.41) is 3.07. The zero-order chi connectivity index (χ0) is 12.3. The molecule has 1 saturated heterocycles. The van der Waals surface area contributed by atoms with Crippen LogP contribution in [0.1, 0.15) is 12.1 Å². The maximum Gasteiger partial charge on any atom is 0.147 e. The first-order valence-electron chi connectivity index (χ1n) is 6.07. The molecule has 0 radical (unpaired) electrons. The van der Waals surface area contributed by atoms with Gasteiger partial charge in [0.1, 0.15) is 5.82 Å². The summed E-state index contributed by atoms with van der Waals surface area (Å²) in [6.07, 6.45) is 4.94. The molecule has 2 rings (SSSR count). The summed E-state index contributed by atoms with van der Waals surface area (Å²) in [6.45, 7) is 2.89. The fraction of sp³-hybridized carbons (Fsp3) is 0.667. The van der Waals surface area contributed by atoms with E-state index in [2.05, 4.69) is 39.2 Å². The Morgan fingerprint density at radius 3 is 2.76 bits per heavy atom. The van der Waals surface area contributed by atoms with Gasteiger partial charge in [0.15, 0.2) is 0 Å². The van der Waals surface area contributed by atoms with Gasteiger partial charge in [-0.2, -0.15) is 0 Å². The zero-order valence-corrected chi connectivity index (χ0v) is 10.8. The number of nitrogens with one attached hydrogen (secondary N) is 1. The van der Waals surface area contributed by atoms with Gasteiger partial charge in [-0.3, -0.25) is 4.98 Å². The highest BCUT2D eigenvalue weighted by atomic mass is 15.3. The lowest BCUT2D eigenvalue weighted by Gasteiger charge is -2.20. The minimum atomic E-state index is 0.633. The van der Waals surface area contributed by atoms with E-state index < -0.39 is 0 Å². The van der Waals surface area contributed by atoms with E-state index in [1.54, 1.807) is 0 Å². The Kier molecular flexibility index (Phi) is 3.91. The maximum absolute atomic E-state index is 4.48. The molecule has 2 heterocycles. The van der Waals surface area contributed by atoms with Crippen LogP contribution >= 0.6 is 0 Å². The van der Waals surface area contributed by atoms with Crippen molar-refractivity contribution in [1.29, 1.82) is 0 Å². The maximum atomic E-state index is 4.48. The highest BCUT2D eigenvalue weighted by molar-refractivity contribution is 5.37. The smallest absolute Gasteiger partial charge is 0.147 e. The average Bonchev–Trinajstić information content (AvgIpc) is 2.80. The van der Waals surface area contributed by atoms with Gasteiger partial charge < -0.3 is 15.1 Å². The summed E-state index contributed by atoms with van der Waals surface area (Å²) >= 11 is 0. The van der Waals surface area contributed by atoms with Gasteiger partial charge in [-0.05, 0) is 27.6 Å². The van der Waals surface area contributed by atoms with Gasteiger partial charge in [0.05, 0.1) is 18.1 Å². The van der Waals surface area contributed by atoms with Crippen molar-refractivity contribution in [2.75, 3.05) is 39.1 Å². The van der Waals surface area contributed by atoms with E-state index in [9.17, 15) is 0 Å². The quantitative estimate of drug-likeness (QED) is 0.815. The van der Waals surface area contributed by atoms with E-state index >= 15 is 0 Å². The molecule has 94 valence electrons. The minimum absolute atomic E-state index is 0.633. The molecule has 1 aromatic rings. The van der Waals surface area contributed by atoms with Crippen molar-refractivity contribution in [2.24, 2.45) is 0 Å². The van der Waals surface area contributed by atoms with Gasteiger partial charge in [0, 0.05) is 25.7 Å². The third-order valence-corrected chi connectivity index (χ3v) is 3.27. The van der Waals surface area contributed by atoms with Crippen LogP contribution in [0.2, 0.25) is 0 Å². The van der Waals surface area contributed by atoms with Gasteiger partial charge in [-0.15, -0.1) is 0 Å². The normalized spacial score (nSPS) is 20.2. The molecule has 0 amide bonds. The Morgan fingerprint density at radius 1 is 1.41 bits per heavy atom. The van der Waals surface area contributed by atoms with Gasteiger partial charge >= 0.3 is 0 Å². The molecule has 5 nitrogen and oxygen atoms in total. The number of nitrogens with zero attached hydrogens (tertiary/aromatic N) is 4. The molecule has 0 spiro atoms. The fourth-order valence-corrected chi connectivity index (χ4v) is 2.16. The molecular weight excluding hydrogens is 214 g/mol. The van der Waals surface area contributed by atoms with Crippen molar-refractivity contribution in [3.8, 4) is 0 Å². The SMILES string of the molecule is CNCc1cnc(N2CCC(N(C)C)C2)cn1. The second-order valence-electron chi connectivity index (χ2n) is 4.75. The van der Waals surface area contributed by atoms with Crippen LogP contribution in [0.4, 0.5) is 5.82 Å². The molecule has 0 aliphatic carbocycles. The standard InChI is InChI=1S/C12H21N5/c1-13-6-10-7-15-12(8-14-10)17-5-4-11(9-17)16(2)3/h7-8,11,13H,4-6,9H2,1-3H3. The highest BCUT2D eigenvalue weighted by Gasteiger charge is 2.24. The first-order valence-corrected chi connectivity index (χ1v) is 6.07. The monoisotopic (exact) mass is 235 g/mol. The Morgan fingerprint density at radius 2 is 2.24 bits per heavy atom. The van der Waals surface area contributed by atoms with Crippen LogP contribution in [-0.2, 0) is 6.54 Å². The molecule has 0 aromatic carbocycles. The van der Waals surface area contributed by atoms with Crippen molar-refractivity contribution in [2.45, 2.75) is 19.0 Å². The van der Waals surface area contributed by atoms with E-state index in [1.165, 1.54) is 6.42 Å². The number of hydrogen-bond acceptors (Lipinski definition) is 5. The third-order valence-electron chi connectivity index (χ3n) is 3.27. The Labute approximate surface area is 103 Å². The molecule has 1 aliphatic rings. The molecule has 1 atom stereocenters. The molecule has 5 heteroatoms. The predicted octanol–water partition coefficient (Wildman–Crippen LogP) is 0.336. The topological polar surface area (TPSA) is 44.3 Å². The number of likely N-dealkylation sites (N-methyl/N-ethyl adjacent to an activating group) is 1. The minimum Gasteiger partial charge on any atom is -0.354 e. The number of rotatable bonds is 4. The zero-order valence-electron chi connectivity index (χ0n) is 10.8. The van der Waals surface area contributed by atoms with E-state index in [4.69, 9.17) is 0 Å². The van der Waals surface area contributed by atoms with Gasteiger partial charge in [0.25, 0.3) is 0 Å². The lowest BCUT2D eigenvalue weighted by Crippen LogP contribution is -2.31. The summed E-state index contributed by atoms with van der Waals surface area (Å²) in [5.74, 6) is 0.995. The van der Waals surface area contributed by atoms with Crippen molar-refractivity contribution in [3.05, 3.63) is 18.1 Å². The number of anilines is 1. The van der Waals surface area contributed by atoms with Crippen molar-refractivity contribution in [1.82, 2.24) is 20.2 Å². The average molecular weight is 235 g/mol. The molecule has 17 heavy (non-hydrogen) atoms. The molecule has 1 unspecified atom stereocenters. The van der Waals surface area contributed by atoms with E-state index in [-0.39, 0.29) is 0 Å². The molecule has 0 bridgehead atoms. The van der Waals surface area contributed by atoms with Gasteiger partial charge in [-0.1, -0.05) is 0 Å². The lowest BCUT2D eigenvalue weighted by atomic mass is 10.2. The van der Waals surface area contributed by atoms with Crippen molar-refractivity contribution >= 4 is 5.82 Å². The van der Waals surface area contributed by atoms with Crippen LogP contribution in [0.25, 0.3) is 0 Å². The van der Waals surface area contributed by atoms with E-state index in [0.29, 0.717) is 6.04 Å². The van der Waals surface area contributed by atoms with Crippen LogP contribution in [0, 0.1) is 0 Å². The summed E-state index contributed by atoms with van der Waals surface area (Å²) in [7, 11) is 6.18. The first kappa shape index (κ1) is 12.3. The highest BCUT2D eigenvalue weighted by Crippen LogP contribution is 2.19. The Hall–Kier alpha value is -1.20. The summed E-state index contributed by atoms with van der Waals surface area (Å²) in [6, 6.07) is 0.633. The second kappa shape index (κ2) is 5.42. The first-order chi connectivity index (χ1) is 8.20. The fourth-order valence-electron chi connectivity index (χ4n) is 2.16. The molecule has 1 fully saturated rings. The lowest BCUT2D eigenvalue weighted by molar-refractivity contribution is 0.315. The van der Waals surface area contributed by atoms with Gasteiger partial charge in [-0.25, -0.2) is 4.98 Å². The van der Waals surface area contributed by atoms with Crippen LogP contribution in [0.15, 0.2) is 12.4 Å². The molecule has 1 aliphatic heterocycles. The van der Waals surface area contributed by atoms with Crippen LogP contribution in [0.5, 0.6) is 0 Å². The van der Waals surface area contributed by atoms with Crippen molar-refractivity contribution < 1.29 is 0 Å². The second-order valence-corrected chi connectivity index (χ2v) is 4.75. The largest absolute Gasteiger partial charge is 0.354 e. The number of hydrogen-bond donors (Lipinski definition) is 1. The van der Waals surface area contributed by atoms with Crippen LogP contribution in [-0.4, -0.2) is 55.1 Å². The van der Waals surface area contributed by atoms with E-state index in [1.807, 2.05) is 19.4 Å². The predicted molar refractivity (Wildman–Crippen MR) is 69.1 cm³/mol. The third kappa shape index (κ3) is 2.92. The number of aromatic nitrogens is 2.